The highest BCUT2D eigenvalue weighted by atomic mass is 127. The molecule has 274 valence electrons. The van der Waals surface area contributed by atoms with Crippen LogP contribution in [0.2, 0.25) is 0 Å². The van der Waals surface area contributed by atoms with Crippen molar-refractivity contribution in [2.24, 2.45) is 0 Å². The molecule has 0 unspecified atom stereocenters. The maximum absolute atomic E-state index is 12.9. The molecule has 0 aliphatic carbocycles. The van der Waals surface area contributed by atoms with Crippen LogP contribution in [0.1, 0.15) is 235 Å². The van der Waals surface area contributed by atoms with E-state index in [0.29, 0.717) is 5.56 Å². The van der Waals surface area contributed by atoms with Crippen LogP contribution in [-0.4, -0.2) is 12.5 Å². The number of amides is 1. The van der Waals surface area contributed by atoms with Crippen molar-refractivity contribution in [1.29, 1.82) is 0 Å². The van der Waals surface area contributed by atoms with E-state index in [1.165, 1.54) is 205 Å². The Balaban J connectivity index is 2.02. The SMILES string of the molecule is CCCCCCCCCCCCCCCCCCNC(=O)c1cc(CCCCCCCCCCCCCCCCCC)ccc1I=O. The lowest BCUT2D eigenvalue weighted by Crippen LogP contribution is -2.25. The third-order valence-corrected chi connectivity index (χ3v) is 11.4. The van der Waals surface area contributed by atoms with Crippen LogP contribution in [0.25, 0.3) is 0 Å². The molecule has 0 atom stereocenters. The van der Waals surface area contributed by atoms with Gasteiger partial charge in [-0.3, -0.25) is 7.86 Å². The zero-order valence-electron chi connectivity index (χ0n) is 31.5. The molecular weight excluding hydrogens is 689 g/mol. The summed E-state index contributed by atoms with van der Waals surface area (Å²) in [7, 11) is 0. The van der Waals surface area contributed by atoms with Crippen LogP contribution >= 0.6 is 21.2 Å². The lowest BCUT2D eigenvalue weighted by atomic mass is 10.0. The van der Waals surface area contributed by atoms with E-state index in [2.05, 4.69) is 25.2 Å². The summed E-state index contributed by atoms with van der Waals surface area (Å²) in [5, 5.41) is 3.11. The summed E-state index contributed by atoms with van der Waals surface area (Å²) in [4.78, 5) is 12.9. The number of carbonyl (C=O) groups excluding carboxylic acids is 1. The first-order valence-corrected chi connectivity index (χ1v) is 22.9. The summed E-state index contributed by atoms with van der Waals surface area (Å²) in [5.74, 6) is -0.0367. The number of hydrogen-bond donors (Lipinski definition) is 1. The predicted octanol–water partition coefficient (Wildman–Crippen LogP) is 15.0. The number of aryl methyl sites for hydroxylation is 1. The summed E-state index contributed by atoms with van der Waals surface area (Å²) in [6.45, 7) is 5.30. The van der Waals surface area contributed by atoms with Crippen LogP contribution in [0.15, 0.2) is 18.2 Å². The molecule has 0 saturated heterocycles. The molecule has 0 heterocycles. The minimum absolute atomic E-state index is 0.0367. The monoisotopic (exact) mass is 768 g/mol. The fourth-order valence-corrected chi connectivity index (χ4v) is 7.78. The zero-order chi connectivity index (χ0) is 33.9. The highest BCUT2D eigenvalue weighted by molar-refractivity contribution is 14.1. The lowest BCUT2D eigenvalue weighted by Gasteiger charge is -2.09. The molecule has 3 nitrogen and oxygen atoms in total. The fraction of sp³-hybridized carbons (Fsp3) is 0.837. The zero-order valence-corrected chi connectivity index (χ0v) is 33.6. The third-order valence-electron chi connectivity index (χ3n) is 9.99. The van der Waals surface area contributed by atoms with Gasteiger partial charge in [0.05, 0.1) is 9.13 Å². The lowest BCUT2D eigenvalue weighted by molar-refractivity contribution is 0.0952. The van der Waals surface area contributed by atoms with Gasteiger partial charge in [0.15, 0.2) is 21.2 Å². The van der Waals surface area contributed by atoms with Crippen LogP contribution in [0.3, 0.4) is 0 Å². The van der Waals surface area contributed by atoms with Crippen LogP contribution in [-0.2, 0) is 9.49 Å². The molecule has 1 amide bonds. The average molecular weight is 768 g/mol. The van der Waals surface area contributed by atoms with Crippen molar-refractivity contribution in [3.05, 3.63) is 32.9 Å². The largest absolute Gasteiger partial charge is 0.352 e. The van der Waals surface area contributed by atoms with Crippen molar-refractivity contribution in [3.63, 3.8) is 0 Å². The Hall–Kier alpha value is -0.780. The number of nitrogens with one attached hydrogen (secondary N) is 1. The standard InChI is InChI=1S/C43H78INO2/c1-3-5-7-9-11-13-15-17-19-21-23-25-27-29-31-33-35-40-36-37-42(44-47)41(39-40)43(46)45-38-34-32-30-28-26-24-22-20-18-16-14-12-10-8-6-4-2/h36-37,39H,3-35,38H2,1-2H3,(H,45,46). The van der Waals surface area contributed by atoms with E-state index >= 15 is 0 Å². The molecule has 1 N–H and O–H groups in total. The molecule has 0 saturated carbocycles. The van der Waals surface area contributed by atoms with Crippen molar-refractivity contribution < 1.29 is 7.86 Å². The van der Waals surface area contributed by atoms with Gasteiger partial charge < -0.3 is 5.32 Å². The van der Waals surface area contributed by atoms with Gasteiger partial charge in [-0.05, 0) is 37.0 Å². The first kappa shape index (κ1) is 44.2. The highest BCUT2D eigenvalue weighted by Crippen LogP contribution is 2.21. The minimum atomic E-state index is -1.35. The van der Waals surface area contributed by atoms with Gasteiger partial charge >= 0.3 is 0 Å². The fourth-order valence-electron chi connectivity index (χ4n) is 6.82. The van der Waals surface area contributed by atoms with Crippen molar-refractivity contribution in [1.82, 2.24) is 5.32 Å². The molecule has 0 spiro atoms. The van der Waals surface area contributed by atoms with Gasteiger partial charge in [-0.15, -0.1) is 0 Å². The van der Waals surface area contributed by atoms with Crippen molar-refractivity contribution >= 4 is 27.1 Å². The highest BCUT2D eigenvalue weighted by Gasteiger charge is 2.12. The van der Waals surface area contributed by atoms with Crippen LogP contribution in [0.4, 0.5) is 0 Å². The molecule has 0 fully saturated rings. The number of benzene rings is 1. The Kier molecular flexibility index (Phi) is 33.0. The van der Waals surface area contributed by atoms with E-state index < -0.39 is 21.2 Å². The van der Waals surface area contributed by atoms with E-state index in [1.54, 1.807) is 0 Å². The second-order valence-corrected chi connectivity index (χ2v) is 16.1. The van der Waals surface area contributed by atoms with Gasteiger partial charge in [0, 0.05) is 6.54 Å². The second kappa shape index (κ2) is 35.1. The van der Waals surface area contributed by atoms with Crippen molar-refractivity contribution in [3.8, 4) is 0 Å². The molecule has 4 heteroatoms. The number of unbranched alkanes of at least 4 members (excludes halogenated alkanes) is 30. The summed E-state index contributed by atoms with van der Waals surface area (Å²) >= 11 is -1.35. The Morgan fingerprint density at radius 3 is 1.19 bits per heavy atom. The Morgan fingerprint density at radius 1 is 0.489 bits per heavy atom. The van der Waals surface area contributed by atoms with E-state index in [0.717, 1.165) is 23.0 Å². The van der Waals surface area contributed by atoms with Crippen LogP contribution in [0, 0.1) is 3.57 Å². The molecule has 1 aromatic rings. The predicted molar refractivity (Wildman–Crippen MR) is 215 cm³/mol. The molecule has 47 heavy (non-hydrogen) atoms. The number of rotatable bonds is 36. The molecule has 0 radical (unpaired) electrons. The Bertz CT molecular complexity index is 841. The van der Waals surface area contributed by atoms with Gasteiger partial charge in [0.25, 0.3) is 5.91 Å². The number of carbonyl (C=O) groups is 1. The third kappa shape index (κ3) is 27.7. The van der Waals surface area contributed by atoms with Gasteiger partial charge in [-0.25, -0.2) is 0 Å². The van der Waals surface area contributed by atoms with E-state index in [1.807, 2.05) is 12.1 Å². The molecular formula is C43H78INO2. The Morgan fingerprint density at radius 2 is 0.830 bits per heavy atom. The quantitative estimate of drug-likeness (QED) is 0.0546. The van der Waals surface area contributed by atoms with Gasteiger partial charge in [0.2, 0.25) is 0 Å². The average Bonchev–Trinajstić information content (AvgIpc) is 3.09. The topological polar surface area (TPSA) is 46.2 Å². The molecule has 1 rings (SSSR count). The van der Waals surface area contributed by atoms with Crippen LogP contribution < -0.4 is 5.32 Å². The van der Waals surface area contributed by atoms with Gasteiger partial charge in [-0.2, -0.15) is 0 Å². The van der Waals surface area contributed by atoms with Crippen molar-refractivity contribution in [2.75, 3.05) is 6.54 Å². The molecule has 1 aromatic carbocycles. The van der Waals surface area contributed by atoms with E-state index in [-0.39, 0.29) is 5.91 Å². The normalized spacial score (nSPS) is 11.4. The maximum Gasteiger partial charge on any atom is 0.252 e. The summed E-state index contributed by atoms with van der Waals surface area (Å²) < 4.78 is 12.6. The smallest absolute Gasteiger partial charge is 0.252 e. The molecule has 0 bridgehead atoms. The number of hydrogen-bond acceptors (Lipinski definition) is 2. The summed E-state index contributed by atoms with van der Waals surface area (Å²) in [5.41, 5.74) is 1.86. The van der Waals surface area contributed by atoms with E-state index in [9.17, 15) is 7.86 Å². The first-order chi connectivity index (χ1) is 23.2. The van der Waals surface area contributed by atoms with Crippen LogP contribution in [0.5, 0.6) is 0 Å². The molecule has 0 aliphatic rings. The minimum Gasteiger partial charge on any atom is -0.352 e. The maximum atomic E-state index is 12.9. The Labute approximate surface area is 304 Å². The van der Waals surface area contributed by atoms with Crippen molar-refractivity contribution in [2.45, 2.75) is 226 Å². The van der Waals surface area contributed by atoms with Gasteiger partial charge in [-0.1, -0.05) is 213 Å². The van der Waals surface area contributed by atoms with E-state index in [4.69, 9.17) is 0 Å². The summed E-state index contributed by atoms with van der Waals surface area (Å²) in [6, 6.07) is 6.04. The van der Waals surface area contributed by atoms with Gasteiger partial charge in [0.1, 0.15) is 0 Å². The second-order valence-electron chi connectivity index (χ2n) is 14.5. The summed E-state index contributed by atoms with van der Waals surface area (Å²) in [6.07, 6.45) is 44.8. The first-order valence-electron chi connectivity index (χ1n) is 20.9. The molecule has 0 aliphatic heterocycles. The number of halogens is 1. The molecule has 0 aromatic heterocycles.